The molecule has 0 radical (unpaired) electrons. The smallest absolute Gasteiger partial charge is 0.243 e. The van der Waals surface area contributed by atoms with Gasteiger partial charge in [0.15, 0.2) is 5.65 Å². The highest BCUT2D eigenvalue weighted by Gasteiger charge is 2.06. The first-order valence-electron chi connectivity index (χ1n) is 6.14. The number of hydrogen-bond donors (Lipinski definition) is 1. The number of anilines is 1. The third-order valence-corrected chi connectivity index (χ3v) is 2.92. The molecule has 3 rings (SSSR count). The van der Waals surface area contributed by atoms with Crippen molar-refractivity contribution in [3.05, 3.63) is 54.0 Å². The molecule has 2 heterocycles. The number of nitrogens with zero attached hydrogens (tertiary/aromatic N) is 3. The number of aromatic nitrogens is 3. The Morgan fingerprint density at radius 2 is 2.10 bits per heavy atom. The number of ether oxygens (including phenoxy) is 1. The van der Waals surface area contributed by atoms with Crippen LogP contribution in [0.2, 0.25) is 0 Å². The summed E-state index contributed by atoms with van der Waals surface area (Å²) < 4.78 is 19.7. The number of pyridine rings is 1. The van der Waals surface area contributed by atoms with Gasteiger partial charge in [-0.15, -0.1) is 5.10 Å². The van der Waals surface area contributed by atoms with E-state index in [1.54, 1.807) is 13.2 Å². The molecule has 0 aliphatic heterocycles. The fraction of sp³-hybridized carbons (Fsp3) is 0.143. The van der Waals surface area contributed by atoms with Crippen LogP contribution in [-0.2, 0) is 6.54 Å². The van der Waals surface area contributed by atoms with Crippen LogP contribution in [0, 0.1) is 5.82 Å². The molecule has 5 nitrogen and oxygen atoms in total. The Kier molecular flexibility index (Phi) is 3.20. The number of halogens is 1. The Bertz CT molecular complexity index is 741. The molecule has 6 heteroatoms. The lowest BCUT2D eigenvalue weighted by atomic mass is 10.2. The molecular weight excluding hydrogens is 259 g/mol. The van der Waals surface area contributed by atoms with Crippen molar-refractivity contribution < 1.29 is 9.13 Å². The van der Waals surface area contributed by atoms with Gasteiger partial charge in [-0.05, 0) is 18.2 Å². The summed E-state index contributed by atoms with van der Waals surface area (Å²) in [4.78, 5) is 4.26. The van der Waals surface area contributed by atoms with E-state index in [1.807, 2.05) is 24.3 Å². The second-order valence-corrected chi connectivity index (χ2v) is 4.25. The third kappa shape index (κ3) is 2.40. The summed E-state index contributed by atoms with van der Waals surface area (Å²) in [7, 11) is 1.63. The fourth-order valence-electron chi connectivity index (χ4n) is 1.96. The molecule has 1 aromatic carbocycles. The molecule has 0 saturated carbocycles. The van der Waals surface area contributed by atoms with Crippen LogP contribution in [0.5, 0.6) is 5.75 Å². The third-order valence-electron chi connectivity index (χ3n) is 2.92. The summed E-state index contributed by atoms with van der Waals surface area (Å²) in [6.07, 6.45) is 1.29. The largest absolute Gasteiger partial charge is 0.496 e. The minimum atomic E-state index is -0.348. The normalized spacial score (nSPS) is 10.7. The van der Waals surface area contributed by atoms with E-state index in [1.165, 1.54) is 16.8 Å². The highest BCUT2D eigenvalue weighted by atomic mass is 19.1. The molecule has 0 saturated heterocycles. The zero-order chi connectivity index (χ0) is 13.9. The SMILES string of the molecule is COc1ccccc1CNc1nc2ccc(F)cn2n1. The van der Waals surface area contributed by atoms with Crippen molar-refractivity contribution in [3.8, 4) is 5.75 Å². The van der Waals surface area contributed by atoms with Gasteiger partial charge in [0.05, 0.1) is 13.3 Å². The molecule has 0 aliphatic carbocycles. The van der Waals surface area contributed by atoms with Crippen molar-refractivity contribution >= 4 is 11.6 Å². The van der Waals surface area contributed by atoms with Crippen LogP contribution in [-0.4, -0.2) is 21.7 Å². The molecule has 0 amide bonds. The Hall–Kier alpha value is -2.63. The molecule has 102 valence electrons. The lowest BCUT2D eigenvalue weighted by molar-refractivity contribution is 0.410. The van der Waals surface area contributed by atoms with Gasteiger partial charge < -0.3 is 10.1 Å². The minimum absolute atomic E-state index is 0.348. The molecule has 20 heavy (non-hydrogen) atoms. The maximum absolute atomic E-state index is 13.1. The summed E-state index contributed by atoms with van der Waals surface area (Å²) in [6.45, 7) is 0.531. The van der Waals surface area contributed by atoms with E-state index in [0.29, 0.717) is 18.1 Å². The predicted molar refractivity (Wildman–Crippen MR) is 73.3 cm³/mol. The number of para-hydroxylation sites is 1. The standard InChI is InChI=1S/C14H13FN4O/c1-20-12-5-3-2-4-10(12)8-16-14-17-13-7-6-11(15)9-19(13)18-14/h2-7,9H,8H2,1H3,(H,16,18). The number of benzene rings is 1. The molecule has 2 aromatic heterocycles. The Morgan fingerprint density at radius 1 is 1.25 bits per heavy atom. The van der Waals surface area contributed by atoms with E-state index in [0.717, 1.165) is 11.3 Å². The molecule has 0 spiro atoms. The highest BCUT2D eigenvalue weighted by Crippen LogP contribution is 2.18. The van der Waals surface area contributed by atoms with Crippen molar-refractivity contribution in [1.82, 2.24) is 14.6 Å². The number of nitrogens with one attached hydrogen (secondary N) is 1. The molecular formula is C14H13FN4O. The zero-order valence-electron chi connectivity index (χ0n) is 10.9. The maximum atomic E-state index is 13.1. The molecule has 0 unspecified atom stereocenters. The van der Waals surface area contributed by atoms with E-state index < -0.39 is 0 Å². The molecule has 0 fully saturated rings. The van der Waals surface area contributed by atoms with Crippen LogP contribution in [0.25, 0.3) is 5.65 Å². The van der Waals surface area contributed by atoms with Crippen molar-refractivity contribution in [1.29, 1.82) is 0 Å². The minimum Gasteiger partial charge on any atom is -0.496 e. The average Bonchev–Trinajstić information content (AvgIpc) is 2.87. The van der Waals surface area contributed by atoms with Gasteiger partial charge in [0.25, 0.3) is 0 Å². The van der Waals surface area contributed by atoms with Gasteiger partial charge in [0.2, 0.25) is 5.95 Å². The molecule has 0 atom stereocenters. The van der Waals surface area contributed by atoms with Gasteiger partial charge in [0, 0.05) is 12.1 Å². The topological polar surface area (TPSA) is 51.5 Å². The van der Waals surface area contributed by atoms with Crippen molar-refractivity contribution in [3.63, 3.8) is 0 Å². The molecule has 0 aliphatic rings. The van der Waals surface area contributed by atoms with Gasteiger partial charge in [-0.25, -0.2) is 8.91 Å². The second kappa shape index (κ2) is 5.16. The first kappa shape index (κ1) is 12.4. The van der Waals surface area contributed by atoms with Crippen LogP contribution in [0.1, 0.15) is 5.56 Å². The Morgan fingerprint density at radius 3 is 2.95 bits per heavy atom. The second-order valence-electron chi connectivity index (χ2n) is 4.25. The first-order chi connectivity index (χ1) is 9.76. The highest BCUT2D eigenvalue weighted by molar-refractivity contribution is 5.44. The molecule has 3 aromatic rings. The van der Waals surface area contributed by atoms with Gasteiger partial charge in [-0.3, -0.25) is 0 Å². The summed E-state index contributed by atoms with van der Waals surface area (Å²) in [5.74, 6) is 0.898. The summed E-state index contributed by atoms with van der Waals surface area (Å²) in [5.41, 5.74) is 1.59. The van der Waals surface area contributed by atoms with Crippen LogP contribution in [0.15, 0.2) is 42.6 Å². The quantitative estimate of drug-likeness (QED) is 0.792. The summed E-state index contributed by atoms with van der Waals surface area (Å²) in [6, 6.07) is 10.6. The maximum Gasteiger partial charge on any atom is 0.243 e. The van der Waals surface area contributed by atoms with Crippen molar-refractivity contribution in [2.24, 2.45) is 0 Å². The predicted octanol–water partition coefficient (Wildman–Crippen LogP) is 2.49. The Balaban J connectivity index is 1.79. The number of fused-ring (bicyclic) bond motifs is 1. The average molecular weight is 272 g/mol. The molecule has 1 N–H and O–H groups in total. The van der Waals surface area contributed by atoms with E-state index in [2.05, 4.69) is 15.4 Å². The van der Waals surface area contributed by atoms with Crippen LogP contribution < -0.4 is 10.1 Å². The Labute approximate surface area is 115 Å². The lowest BCUT2D eigenvalue weighted by Crippen LogP contribution is -2.03. The van der Waals surface area contributed by atoms with Crippen LogP contribution in [0.3, 0.4) is 0 Å². The van der Waals surface area contributed by atoms with Crippen molar-refractivity contribution in [2.45, 2.75) is 6.54 Å². The van der Waals surface area contributed by atoms with Gasteiger partial charge in [-0.2, -0.15) is 4.98 Å². The summed E-state index contributed by atoms with van der Waals surface area (Å²) in [5, 5.41) is 7.26. The van der Waals surface area contributed by atoms with Crippen LogP contribution in [0.4, 0.5) is 10.3 Å². The fourth-order valence-corrected chi connectivity index (χ4v) is 1.96. The lowest BCUT2D eigenvalue weighted by Gasteiger charge is -2.07. The number of rotatable bonds is 4. The molecule has 0 bridgehead atoms. The van der Waals surface area contributed by atoms with E-state index in [9.17, 15) is 4.39 Å². The number of hydrogen-bond acceptors (Lipinski definition) is 4. The summed E-state index contributed by atoms with van der Waals surface area (Å²) >= 11 is 0. The van der Waals surface area contributed by atoms with E-state index in [-0.39, 0.29) is 5.82 Å². The number of methoxy groups -OCH3 is 1. The van der Waals surface area contributed by atoms with E-state index >= 15 is 0 Å². The first-order valence-corrected chi connectivity index (χ1v) is 6.14. The van der Waals surface area contributed by atoms with Gasteiger partial charge in [-0.1, -0.05) is 18.2 Å². The monoisotopic (exact) mass is 272 g/mol. The van der Waals surface area contributed by atoms with Crippen molar-refractivity contribution in [2.75, 3.05) is 12.4 Å². The van der Waals surface area contributed by atoms with E-state index in [4.69, 9.17) is 4.74 Å². The van der Waals surface area contributed by atoms with Gasteiger partial charge >= 0.3 is 0 Å². The van der Waals surface area contributed by atoms with Crippen LogP contribution >= 0.6 is 0 Å². The van der Waals surface area contributed by atoms with Gasteiger partial charge in [0.1, 0.15) is 11.6 Å². The zero-order valence-corrected chi connectivity index (χ0v) is 10.9.